The Morgan fingerprint density at radius 2 is 2.05 bits per heavy atom. The second-order valence-corrected chi connectivity index (χ2v) is 5.39. The van der Waals surface area contributed by atoms with E-state index in [4.69, 9.17) is 11.6 Å². The van der Waals surface area contributed by atoms with Crippen molar-refractivity contribution < 1.29 is 4.79 Å². The van der Waals surface area contributed by atoms with E-state index in [9.17, 15) is 4.79 Å². The van der Waals surface area contributed by atoms with Crippen LogP contribution < -0.4 is 5.32 Å². The van der Waals surface area contributed by atoms with Gasteiger partial charge in [0.15, 0.2) is 0 Å². The van der Waals surface area contributed by atoms with Crippen LogP contribution in [0, 0.1) is 6.92 Å². The molecule has 0 atom stereocenters. The summed E-state index contributed by atoms with van der Waals surface area (Å²) in [6, 6.07) is 7.71. The Bertz CT molecular complexity index is 585. The predicted molar refractivity (Wildman–Crippen MR) is 84.7 cm³/mol. The molecule has 21 heavy (non-hydrogen) atoms. The molecule has 0 spiro atoms. The van der Waals surface area contributed by atoms with E-state index in [0.717, 1.165) is 25.1 Å². The lowest BCUT2D eigenvalue weighted by Crippen LogP contribution is -2.25. The van der Waals surface area contributed by atoms with Crippen molar-refractivity contribution in [2.45, 2.75) is 33.2 Å². The Labute approximate surface area is 130 Å². The first-order chi connectivity index (χ1) is 10.1. The van der Waals surface area contributed by atoms with E-state index in [-0.39, 0.29) is 5.91 Å². The molecule has 4 nitrogen and oxygen atoms in total. The number of amides is 1. The standard InChI is InChI=1S/C16H20ClN3O/c1-3-13-5-7-14(8-6-13)16(21)18-9-4-10-20-11-15(17)12(2)19-20/h5-8,11H,3-4,9-10H2,1-2H3,(H,18,21). The lowest BCUT2D eigenvalue weighted by molar-refractivity contribution is 0.0952. The molecule has 1 aromatic heterocycles. The first kappa shape index (κ1) is 15.6. The van der Waals surface area contributed by atoms with E-state index in [1.165, 1.54) is 5.56 Å². The summed E-state index contributed by atoms with van der Waals surface area (Å²) in [6.45, 7) is 5.33. The first-order valence-corrected chi connectivity index (χ1v) is 7.54. The number of aryl methyl sites for hydroxylation is 3. The summed E-state index contributed by atoms with van der Waals surface area (Å²) in [7, 11) is 0. The quantitative estimate of drug-likeness (QED) is 0.833. The number of halogens is 1. The third-order valence-corrected chi connectivity index (χ3v) is 3.73. The van der Waals surface area contributed by atoms with E-state index in [2.05, 4.69) is 17.3 Å². The molecule has 5 heteroatoms. The lowest BCUT2D eigenvalue weighted by Gasteiger charge is -2.06. The molecule has 0 bridgehead atoms. The maximum atomic E-state index is 12.0. The molecule has 0 radical (unpaired) electrons. The lowest BCUT2D eigenvalue weighted by atomic mass is 10.1. The molecular formula is C16H20ClN3O. The number of carbonyl (C=O) groups excluding carboxylic acids is 1. The Morgan fingerprint density at radius 1 is 1.33 bits per heavy atom. The normalized spacial score (nSPS) is 10.6. The second kappa shape index (κ2) is 7.27. The zero-order chi connectivity index (χ0) is 15.2. The van der Waals surface area contributed by atoms with Crippen LogP contribution in [0.5, 0.6) is 0 Å². The van der Waals surface area contributed by atoms with Gasteiger partial charge in [0.25, 0.3) is 5.91 Å². The Morgan fingerprint density at radius 3 is 2.62 bits per heavy atom. The number of hydrogen-bond acceptors (Lipinski definition) is 2. The van der Waals surface area contributed by atoms with Gasteiger partial charge in [-0.05, 0) is 37.5 Å². The number of rotatable bonds is 6. The number of aromatic nitrogens is 2. The van der Waals surface area contributed by atoms with Gasteiger partial charge in [0, 0.05) is 24.8 Å². The van der Waals surface area contributed by atoms with Gasteiger partial charge < -0.3 is 5.32 Å². The molecule has 2 aromatic rings. The first-order valence-electron chi connectivity index (χ1n) is 7.17. The maximum Gasteiger partial charge on any atom is 0.251 e. The van der Waals surface area contributed by atoms with Crippen LogP contribution in [0.15, 0.2) is 30.5 Å². The van der Waals surface area contributed by atoms with Crippen molar-refractivity contribution in [3.8, 4) is 0 Å². The highest BCUT2D eigenvalue weighted by Crippen LogP contribution is 2.12. The van der Waals surface area contributed by atoms with Gasteiger partial charge in [0.05, 0.1) is 10.7 Å². The average molecular weight is 306 g/mol. The van der Waals surface area contributed by atoms with Gasteiger partial charge in [-0.15, -0.1) is 0 Å². The Kier molecular flexibility index (Phi) is 5.39. The van der Waals surface area contributed by atoms with E-state index in [1.54, 1.807) is 4.68 Å². The van der Waals surface area contributed by atoms with Crippen LogP contribution in [-0.2, 0) is 13.0 Å². The van der Waals surface area contributed by atoms with Crippen LogP contribution in [0.4, 0.5) is 0 Å². The number of nitrogens with one attached hydrogen (secondary N) is 1. The van der Waals surface area contributed by atoms with Crippen LogP contribution in [0.3, 0.4) is 0 Å². The molecule has 0 saturated heterocycles. The van der Waals surface area contributed by atoms with Crippen LogP contribution in [0.2, 0.25) is 5.02 Å². The predicted octanol–water partition coefficient (Wildman–Crippen LogP) is 3.23. The van der Waals surface area contributed by atoms with Crippen LogP contribution >= 0.6 is 11.6 Å². The van der Waals surface area contributed by atoms with Gasteiger partial charge in [-0.25, -0.2) is 0 Å². The molecule has 1 N–H and O–H groups in total. The molecule has 1 aromatic carbocycles. The SMILES string of the molecule is CCc1ccc(C(=O)NCCCn2cc(Cl)c(C)n2)cc1. The minimum atomic E-state index is -0.0349. The number of nitrogens with zero attached hydrogens (tertiary/aromatic N) is 2. The van der Waals surface area contributed by atoms with Crippen LogP contribution in [-0.4, -0.2) is 22.2 Å². The number of carbonyl (C=O) groups is 1. The van der Waals surface area contributed by atoms with Crippen molar-refractivity contribution in [1.29, 1.82) is 0 Å². The fourth-order valence-corrected chi connectivity index (χ4v) is 2.20. The molecule has 0 fully saturated rings. The average Bonchev–Trinajstić information content (AvgIpc) is 2.82. The third kappa shape index (κ3) is 4.33. The zero-order valence-corrected chi connectivity index (χ0v) is 13.2. The van der Waals surface area contributed by atoms with Crippen molar-refractivity contribution in [3.05, 3.63) is 52.3 Å². The highest BCUT2D eigenvalue weighted by molar-refractivity contribution is 6.31. The fourth-order valence-electron chi connectivity index (χ4n) is 2.04. The summed E-state index contributed by atoms with van der Waals surface area (Å²) in [6.07, 6.45) is 3.60. The van der Waals surface area contributed by atoms with Gasteiger partial charge in [-0.1, -0.05) is 30.7 Å². The van der Waals surface area contributed by atoms with Crippen LogP contribution in [0.25, 0.3) is 0 Å². The Hall–Kier alpha value is -1.81. The summed E-state index contributed by atoms with van der Waals surface area (Å²) in [5.74, 6) is -0.0349. The van der Waals surface area contributed by atoms with Crippen molar-refractivity contribution in [3.63, 3.8) is 0 Å². The van der Waals surface area contributed by atoms with Gasteiger partial charge in [0.1, 0.15) is 0 Å². The fraction of sp³-hybridized carbons (Fsp3) is 0.375. The molecule has 0 aliphatic heterocycles. The molecular weight excluding hydrogens is 286 g/mol. The molecule has 0 aliphatic carbocycles. The van der Waals surface area contributed by atoms with Gasteiger partial charge in [0.2, 0.25) is 0 Å². The Balaban J connectivity index is 1.76. The highest BCUT2D eigenvalue weighted by Gasteiger charge is 2.05. The minimum absolute atomic E-state index is 0.0349. The second-order valence-electron chi connectivity index (χ2n) is 4.99. The van der Waals surface area contributed by atoms with E-state index >= 15 is 0 Å². The van der Waals surface area contributed by atoms with E-state index in [1.807, 2.05) is 37.4 Å². The van der Waals surface area contributed by atoms with Gasteiger partial charge in [-0.3, -0.25) is 9.48 Å². The smallest absolute Gasteiger partial charge is 0.251 e. The summed E-state index contributed by atoms with van der Waals surface area (Å²) >= 11 is 5.94. The molecule has 1 amide bonds. The van der Waals surface area contributed by atoms with Gasteiger partial charge in [-0.2, -0.15) is 5.10 Å². The van der Waals surface area contributed by atoms with Crippen molar-refractivity contribution in [1.82, 2.24) is 15.1 Å². The summed E-state index contributed by atoms with van der Waals surface area (Å²) in [5.41, 5.74) is 2.76. The molecule has 1 heterocycles. The van der Waals surface area contributed by atoms with E-state index in [0.29, 0.717) is 17.1 Å². The minimum Gasteiger partial charge on any atom is -0.352 e. The molecule has 2 rings (SSSR count). The van der Waals surface area contributed by atoms with Crippen LogP contribution in [0.1, 0.15) is 35.0 Å². The maximum absolute atomic E-state index is 12.0. The number of hydrogen-bond donors (Lipinski definition) is 1. The summed E-state index contributed by atoms with van der Waals surface area (Å²) in [5, 5.41) is 7.87. The summed E-state index contributed by atoms with van der Waals surface area (Å²) in [4.78, 5) is 12.0. The largest absolute Gasteiger partial charge is 0.352 e. The molecule has 0 aliphatic rings. The number of benzene rings is 1. The zero-order valence-electron chi connectivity index (χ0n) is 12.4. The summed E-state index contributed by atoms with van der Waals surface area (Å²) < 4.78 is 1.81. The van der Waals surface area contributed by atoms with Crippen molar-refractivity contribution in [2.24, 2.45) is 0 Å². The molecule has 0 unspecified atom stereocenters. The van der Waals surface area contributed by atoms with Crippen molar-refractivity contribution >= 4 is 17.5 Å². The monoisotopic (exact) mass is 305 g/mol. The topological polar surface area (TPSA) is 46.9 Å². The molecule has 0 saturated carbocycles. The molecule has 112 valence electrons. The van der Waals surface area contributed by atoms with E-state index < -0.39 is 0 Å². The van der Waals surface area contributed by atoms with Crippen molar-refractivity contribution in [2.75, 3.05) is 6.54 Å². The van der Waals surface area contributed by atoms with Gasteiger partial charge >= 0.3 is 0 Å². The third-order valence-electron chi connectivity index (χ3n) is 3.36. The highest BCUT2D eigenvalue weighted by atomic mass is 35.5.